The van der Waals surface area contributed by atoms with Crippen LogP contribution in [-0.2, 0) is 18.6 Å². The number of aromatic amines is 1. The third kappa shape index (κ3) is 3.51. The largest absolute Gasteiger partial charge is 0.501 e. The van der Waals surface area contributed by atoms with Crippen LogP contribution in [0.1, 0.15) is 13.2 Å². The Hall–Kier alpha value is -2.13. The number of hydrogen-bond donors (Lipinski definition) is 2. The Morgan fingerprint density at radius 2 is 2.17 bits per heavy atom. The Morgan fingerprint density at radius 3 is 2.75 bits per heavy atom. The zero-order valence-electron chi connectivity index (χ0n) is 12.7. The van der Waals surface area contributed by atoms with Crippen molar-refractivity contribution in [1.29, 1.82) is 0 Å². The van der Waals surface area contributed by atoms with Crippen LogP contribution in [-0.4, -0.2) is 40.2 Å². The molecular weight excluding hydrogens is 353 g/mol. The summed E-state index contributed by atoms with van der Waals surface area (Å²) in [4.78, 5) is 24.4. The number of aliphatic hydroxyl groups is 1. The average molecular weight is 368 g/mol. The highest BCUT2D eigenvalue weighted by Crippen LogP contribution is 2.47. The van der Waals surface area contributed by atoms with Gasteiger partial charge in [-0.3, -0.25) is 18.9 Å². The zero-order chi connectivity index (χ0) is 18.1. The highest BCUT2D eigenvalue weighted by molar-refractivity contribution is 7.57. The SMILES string of the molecule is CCOP(C)(=O)COC1=C(O)C(F)(F)C(n2ccc(=O)[nH]c2=O)O1. The number of aliphatic hydroxyl groups excluding tert-OH is 1. The number of ether oxygens (including phenoxy) is 2. The van der Waals surface area contributed by atoms with Gasteiger partial charge >= 0.3 is 17.6 Å². The lowest BCUT2D eigenvalue weighted by Crippen LogP contribution is -2.38. The minimum Gasteiger partial charge on any atom is -0.501 e. The Morgan fingerprint density at radius 1 is 1.50 bits per heavy atom. The van der Waals surface area contributed by atoms with Crippen molar-refractivity contribution < 1.29 is 32.4 Å². The van der Waals surface area contributed by atoms with E-state index >= 15 is 0 Å². The molecule has 0 saturated carbocycles. The number of hydrogen-bond acceptors (Lipinski definition) is 7. The van der Waals surface area contributed by atoms with Gasteiger partial charge in [-0.15, -0.1) is 0 Å². The van der Waals surface area contributed by atoms with Gasteiger partial charge in [0, 0.05) is 18.9 Å². The van der Waals surface area contributed by atoms with E-state index in [2.05, 4.69) is 0 Å². The van der Waals surface area contributed by atoms with Crippen molar-refractivity contribution in [3.8, 4) is 0 Å². The molecule has 0 saturated heterocycles. The summed E-state index contributed by atoms with van der Waals surface area (Å²) < 4.78 is 55.1. The standard InChI is InChI=1S/C12H15F2N2O7P/c1-3-22-24(2,20)6-21-9-8(18)12(13,14)10(23-9)16-5-4-7(17)15-11(16)19/h4-5,10,18H,3,6H2,1-2H3,(H,15,17,19). The quantitative estimate of drug-likeness (QED) is 0.727. The Balaban J connectivity index is 2.25. The molecule has 0 spiro atoms. The third-order valence-corrected chi connectivity index (χ3v) is 4.38. The van der Waals surface area contributed by atoms with E-state index in [-0.39, 0.29) is 6.61 Å². The highest BCUT2D eigenvalue weighted by Gasteiger charge is 2.57. The minimum absolute atomic E-state index is 0.120. The van der Waals surface area contributed by atoms with E-state index in [0.717, 1.165) is 12.3 Å². The first kappa shape index (κ1) is 18.2. The molecule has 2 atom stereocenters. The fourth-order valence-corrected chi connectivity index (χ4v) is 2.89. The summed E-state index contributed by atoms with van der Waals surface area (Å²) in [5.74, 6) is -6.52. The molecule has 24 heavy (non-hydrogen) atoms. The molecule has 2 rings (SSSR count). The van der Waals surface area contributed by atoms with Crippen LogP contribution >= 0.6 is 7.37 Å². The number of alkyl halides is 2. The van der Waals surface area contributed by atoms with Crippen LogP contribution in [0.15, 0.2) is 33.6 Å². The third-order valence-electron chi connectivity index (χ3n) is 2.97. The molecule has 2 N–H and O–H groups in total. The molecule has 1 aromatic heterocycles. The van der Waals surface area contributed by atoms with E-state index in [9.17, 15) is 28.0 Å². The van der Waals surface area contributed by atoms with Crippen LogP contribution < -0.4 is 11.2 Å². The van der Waals surface area contributed by atoms with Gasteiger partial charge in [-0.2, -0.15) is 8.78 Å². The van der Waals surface area contributed by atoms with E-state index < -0.39 is 48.8 Å². The molecule has 1 aliphatic rings. The zero-order valence-corrected chi connectivity index (χ0v) is 13.6. The summed E-state index contributed by atoms with van der Waals surface area (Å²) in [6.45, 7) is 2.94. The van der Waals surface area contributed by atoms with Gasteiger partial charge in [0.1, 0.15) is 0 Å². The Labute approximate surface area is 133 Å². The van der Waals surface area contributed by atoms with E-state index in [1.165, 1.54) is 6.66 Å². The molecule has 0 bridgehead atoms. The van der Waals surface area contributed by atoms with Gasteiger partial charge in [-0.05, 0) is 6.92 Å². The molecule has 1 aliphatic heterocycles. The molecule has 0 amide bonds. The summed E-state index contributed by atoms with van der Waals surface area (Å²) in [6, 6.07) is 0.839. The first-order chi connectivity index (χ1) is 11.1. The average Bonchev–Trinajstić information content (AvgIpc) is 2.69. The van der Waals surface area contributed by atoms with Gasteiger partial charge in [-0.1, -0.05) is 0 Å². The normalized spacial score (nSPS) is 22.1. The number of H-pyrrole nitrogens is 1. The number of nitrogens with one attached hydrogen (secondary N) is 1. The number of halogens is 2. The van der Waals surface area contributed by atoms with Crippen molar-refractivity contribution in [3.63, 3.8) is 0 Å². The summed E-state index contributed by atoms with van der Waals surface area (Å²) in [5, 5.41) is 9.58. The Bertz CT molecular complexity index is 816. The second-order valence-electron chi connectivity index (χ2n) is 4.95. The molecule has 0 radical (unpaired) electrons. The fourth-order valence-electron chi connectivity index (χ4n) is 1.92. The molecule has 0 aromatic carbocycles. The summed E-state index contributed by atoms with van der Waals surface area (Å²) in [6.07, 6.45) is -2.08. The highest BCUT2D eigenvalue weighted by atomic mass is 31.2. The lowest BCUT2D eigenvalue weighted by atomic mass is 10.2. The van der Waals surface area contributed by atoms with E-state index in [1.54, 1.807) is 11.9 Å². The van der Waals surface area contributed by atoms with E-state index in [0.29, 0.717) is 4.57 Å². The second kappa shape index (κ2) is 6.40. The van der Waals surface area contributed by atoms with Crippen LogP contribution in [0.5, 0.6) is 0 Å². The van der Waals surface area contributed by atoms with Gasteiger partial charge in [0.25, 0.3) is 17.5 Å². The number of rotatable bonds is 6. The second-order valence-corrected chi connectivity index (χ2v) is 7.50. The smallest absolute Gasteiger partial charge is 0.366 e. The van der Waals surface area contributed by atoms with Gasteiger partial charge in [0.2, 0.25) is 7.37 Å². The van der Waals surface area contributed by atoms with Crippen LogP contribution in [0, 0.1) is 0 Å². The predicted octanol–water partition coefficient (Wildman–Crippen LogP) is 1.35. The van der Waals surface area contributed by atoms with Crippen LogP contribution in [0.3, 0.4) is 0 Å². The Kier molecular flexibility index (Phi) is 4.86. The molecule has 1 aromatic rings. The molecule has 0 fully saturated rings. The van der Waals surface area contributed by atoms with Crippen molar-refractivity contribution in [3.05, 3.63) is 44.8 Å². The molecule has 2 heterocycles. The van der Waals surface area contributed by atoms with Crippen molar-refractivity contribution in [2.75, 3.05) is 19.6 Å². The van der Waals surface area contributed by atoms with E-state index in [1.807, 2.05) is 0 Å². The minimum atomic E-state index is -4.00. The van der Waals surface area contributed by atoms with Gasteiger partial charge in [0.05, 0.1) is 6.61 Å². The molecule has 2 unspecified atom stereocenters. The fraction of sp³-hybridized carbons (Fsp3) is 0.500. The van der Waals surface area contributed by atoms with Crippen LogP contribution in [0.4, 0.5) is 8.78 Å². The molecule has 9 nitrogen and oxygen atoms in total. The molecule has 0 aliphatic carbocycles. The van der Waals surface area contributed by atoms with Gasteiger partial charge in [0.15, 0.2) is 6.35 Å². The maximum atomic E-state index is 14.1. The van der Waals surface area contributed by atoms with Crippen LogP contribution in [0.2, 0.25) is 0 Å². The number of aromatic nitrogens is 2. The van der Waals surface area contributed by atoms with Crippen molar-refractivity contribution in [1.82, 2.24) is 9.55 Å². The van der Waals surface area contributed by atoms with Gasteiger partial charge < -0.3 is 19.1 Å². The monoisotopic (exact) mass is 368 g/mol. The molecule has 134 valence electrons. The summed E-state index contributed by atoms with van der Waals surface area (Å²) in [7, 11) is -3.23. The maximum Gasteiger partial charge on any atom is 0.366 e. The van der Waals surface area contributed by atoms with Crippen molar-refractivity contribution in [2.45, 2.75) is 19.1 Å². The lowest BCUT2D eigenvalue weighted by Gasteiger charge is -2.20. The van der Waals surface area contributed by atoms with Gasteiger partial charge in [-0.25, -0.2) is 4.79 Å². The maximum absolute atomic E-state index is 14.1. The predicted molar refractivity (Wildman–Crippen MR) is 77.2 cm³/mol. The first-order valence-electron chi connectivity index (χ1n) is 6.72. The lowest BCUT2D eigenvalue weighted by molar-refractivity contribution is -0.128. The summed E-state index contributed by atoms with van der Waals surface area (Å²) >= 11 is 0. The first-order valence-corrected chi connectivity index (χ1v) is 8.97. The van der Waals surface area contributed by atoms with Crippen molar-refractivity contribution in [2.24, 2.45) is 0 Å². The van der Waals surface area contributed by atoms with Crippen LogP contribution in [0.25, 0.3) is 0 Å². The topological polar surface area (TPSA) is 120 Å². The van der Waals surface area contributed by atoms with Crippen molar-refractivity contribution >= 4 is 7.37 Å². The molecular formula is C12H15F2N2O7P. The molecule has 12 heteroatoms. The number of nitrogens with zero attached hydrogens (tertiary/aromatic N) is 1. The summed E-state index contributed by atoms with van der Waals surface area (Å²) in [5.41, 5.74) is -1.94. The van der Waals surface area contributed by atoms with E-state index in [4.69, 9.17) is 14.0 Å².